The molecular formula is C19H23BrN4O4. The Morgan fingerprint density at radius 1 is 1.21 bits per heavy atom. The summed E-state index contributed by atoms with van der Waals surface area (Å²) in [6.07, 6.45) is 5.03. The fourth-order valence-electron chi connectivity index (χ4n) is 3.67. The maximum Gasteiger partial charge on any atom is 0.325 e. The first kappa shape index (κ1) is 20.3. The van der Waals surface area contributed by atoms with Crippen LogP contribution in [0, 0.1) is 0 Å². The highest BCUT2D eigenvalue weighted by Gasteiger charge is 2.50. The number of hydrogen-bond acceptors (Lipinski definition) is 4. The number of urea groups is 2. The predicted octanol–water partition coefficient (Wildman–Crippen LogP) is 2.37. The number of hydrogen-bond donors (Lipinski definition) is 3. The van der Waals surface area contributed by atoms with Crippen LogP contribution in [-0.2, 0) is 15.1 Å². The number of amides is 6. The first-order chi connectivity index (χ1) is 13.3. The number of carbonyl (C=O) groups excluding carboxylic acids is 4. The summed E-state index contributed by atoms with van der Waals surface area (Å²) in [7, 11) is 0. The topological polar surface area (TPSA) is 108 Å². The summed E-state index contributed by atoms with van der Waals surface area (Å²) in [5.74, 6) is -1.26. The van der Waals surface area contributed by atoms with Crippen LogP contribution in [0.15, 0.2) is 28.7 Å². The largest absolute Gasteiger partial charge is 0.335 e. The van der Waals surface area contributed by atoms with E-state index < -0.39 is 36.0 Å². The van der Waals surface area contributed by atoms with Gasteiger partial charge in [0, 0.05) is 16.1 Å². The normalized spacial score (nSPS) is 22.7. The molecule has 1 saturated heterocycles. The number of halogens is 1. The number of benzene rings is 1. The van der Waals surface area contributed by atoms with E-state index in [9.17, 15) is 19.2 Å². The third-order valence-electron chi connectivity index (χ3n) is 5.18. The molecule has 1 aliphatic carbocycles. The molecule has 2 aliphatic rings. The second-order valence-electron chi connectivity index (χ2n) is 7.28. The molecule has 1 saturated carbocycles. The molecule has 1 unspecified atom stereocenters. The van der Waals surface area contributed by atoms with Crippen molar-refractivity contribution < 1.29 is 19.2 Å². The SMILES string of the molecule is CC1(c2ccccc2Br)NC(=O)N(CC(=O)NC(=O)NC2CCCCC2)C1=O. The molecular weight excluding hydrogens is 428 g/mol. The molecule has 1 atom stereocenters. The third kappa shape index (κ3) is 4.19. The van der Waals surface area contributed by atoms with E-state index in [1.54, 1.807) is 31.2 Å². The Kier molecular flexibility index (Phi) is 6.02. The highest BCUT2D eigenvalue weighted by atomic mass is 79.9. The van der Waals surface area contributed by atoms with E-state index in [2.05, 4.69) is 31.9 Å². The smallest absolute Gasteiger partial charge is 0.325 e. The average molecular weight is 451 g/mol. The Morgan fingerprint density at radius 3 is 2.57 bits per heavy atom. The summed E-state index contributed by atoms with van der Waals surface area (Å²) in [5.41, 5.74) is -0.701. The summed E-state index contributed by atoms with van der Waals surface area (Å²) < 4.78 is 0.671. The van der Waals surface area contributed by atoms with E-state index in [0.717, 1.165) is 37.0 Å². The lowest BCUT2D eigenvalue weighted by atomic mass is 9.92. The molecule has 3 rings (SSSR count). The van der Waals surface area contributed by atoms with Crippen molar-refractivity contribution in [1.29, 1.82) is 0 Å². The number of rotatable bonds is 4. The third-order valence-corrected chi connectivity index (χ3v) is 5.87. The Balaban J connectivity index is 1.61. The minimum Gasteiger partial charge on any atom is -0.335 e. The Hall–Kier alpha value is -2.42. The maximum atomic E-state index is 12.9. The van der Waals surface area contributed by atoms with Crippen LogP contribution >= 0.6 is 15.9 Å². The minimum atomic E-state index is -1.29. The summed E-state index contributed by atoms with van der Waals surface area (Å²) >= 11 is 3.39. The zero-order chi connectivity index (χ0) is 20.3. The standard InChI is InChI=1S/C19H23BrN4O4/c1-19(13-9-5-6-10-14(13)20)16(26)24(18(28)23-19)11-15(25)22-17(27)21-12-7-3-2-4-8-12/h5-6,9-10,12H,2-4,7-8,11H2,1H3,(H,23,28)(H2,21,22,25,27). The van der Waals surface area contributed by atoms with E-state index in [1.807, 2.05) is 0 Å². The fourth-order valence-corrected chi connectivity index (χ4v) is 4.35. The lowest BCUT2D eigenvalue weighted by Crippen LogP contribution is -2.49. The Bertz CT molecular complexity index is 809. The van der Waals surface area contributed by atoms with Gasteiger partial charge in [-0.2, -0.15) is 0 Å². The lowest BCUT2D eigenvalue weighted by molar-refractivity contribution is -0.134. The van der Waals surface area contributed by atoms with Gasteiger partial charge in [0.2, 0.25) is 5.91 Å². The highest BCUT2D eigenvalue weighted by Crippen LogP contribution is 2.33. The van der Waals surface area contributed by atoms with Crippen LogP contribution in [0.3, 0.4) is 0 Å². The Morgan fingerprint density at radius 2 is 1.89 bits per heavy atom. The predicted molar refractivity (Wildman–Crippen MR) is 105 cm³/mol. The van der Waals surface area contributed by atoms with Crippen molar-refractivity contribution in [2.75, 3.05) is 6.54 Å². The van der Waals surface area contributed by atoms with Gasteiger partial charge in [0.05, 0.1) is 0 Å². The van der Waals surface area contributed by atoms with Gasteiger partial charge in [-0.25, -0.2) is 9.59 Å². The quantitative estimate of drug-likeness (QED) is 0.611. The van der Waals surface area contributed by atoms with Crippen molar-refractivity contribution in [2.24, 2.45) is 0 Å². The van der Waals surface area contributed by atoms with Crippen molar-refractivity contribution in [3.05, 3.63) is 34.3 Å². The van der Waals surface area contributed by atoms with Gasteiger partial charge in [-0.15, -0.1) is 0 Å². The van der Waals surface area contributed by atoms with Crippen LogP contribution in [0.5, 0.6) is 0 Å². The van der Waals surface area contributed by atoms with E-state index in [-0.39, 0.29) is 6.04 Å². The molecule has 0 radical (unpaired) electrons. The van der Waals surface area contributed by atoms with Gasteiger partial charge < -0.3 is 10.6 Å². The first-order valence-corrected chi connectivity index (χ1v) is 10.1. The van der Waals surface area contributed by atoms with Gasteiger partial charge in [-0.3, -0.25) is 19.8 Å². The summed E-state index contributed by atoms with van der Waals surface area (Å²) in [5, 5.41) is 7.61. The van der Waals surface area contributed by atoms with Gasteiger partial charge in [0.1, 0.15) is 12.1 Å². The molecule has 0 aromatic heterocycles. The van der Waals surface area contributed by atoms with Gasteiger partial charge >= 0.3 is 12.1 Å². The van der Waals surface area contributed by atoms with Crippen LogP contribution in [-0.4, -0.2) is 41.4 Å². The number of nitrogens with zero attached hydrogens (tertiary/aromatic N) is 1. The van der Waals surface area contributed by atoms with E-state index in [4.69, 9.17) is 0 Å². The second kappa shape index (κ2) is 8.30. The van der Waals surface area contributed by atoms with Crippen molar-refractivity contribution >= 4 is 39.8 Å². The van der Waals surface area contributed by atoms with E-state index in [0.29, 0.717) is 10.0 Å². The van der Waals surface area contributed by atoms with Crippen LogP contribution in [0.4, 0.5) is 9.59 Å². The molecule has 0 bridgehead atoms. The maximum absolute atomic E-state index is 12.9. The molecule has 6 amide bonds. The van der Waals surface area contributed by atoms with Crippen molar-refractivity contribution in [2.45, 2.75) is 50.6 Å². The van der Waals surface area contributed by atoms with Crippen molar-refractivity contribution in [3.8, 4) is 0 Å². The number of nitrogens with one attached hydrogen (secondary N) is 3. The summed E-state index contributed by atoms with van der Waals surface area (Å²) in [6.45, 7) is 1.06. The molecule has 3 N–H and O–H groups in total. The van der Waals surface area contributed by atoms with Crippen LogP contribution in [0.25, 0.3) is 0 Å². The highest BCUT2D eigenvalue weighted by molar-refractivity contribution is 9.10. The zero-order valence-electron chi connectivity index (χ0n) is 15.6. The first-order valence-electron chi connectivity index (χ1n) is 9.30. The molecule has 1 aromatic carbocycles. The number of imide groups is 2. The zero-order valence-corrected chi connectivity index (χ0v) is 17.2. The molecule has 1 aliphatic heterocycles. The van der Waals surface area contributed by atoms with Crippen LogP contribution in [0.2, 0.25) is 0 Å². The van der Waals surface area contributed by atoms with E-state index >= 15 is 0 Å². The van der Waals surface area contributed by atoms with Crippen LogP contribution in [0.1, 0.15) is 44.6 Å². The van der Waals surface area contributed by atoms with E-state index in [1.165, 1.54) is 0 Å². The lowest BCUT2D eigenvalue weighted by Gasteiger charge is -2.24. The van der Waals surface area contributed by atoms with Gasteiger partial charge in [0.15, 0.2) is 0 Å². The van der Waals surface area contributed by atoms with Crippen LogP contribution < -0.4 is 16.0 Å². The van der Waals surface area contributed by atoms with Gasteiger partial charge in [-0.05, 0) is 25.8 Å². The molecule has 1 heterocycles. The second-order valence-corrected chi connectivity index (χ2v) is 8.14. The van der Waals surface area contributed by atoms with Gasteiger partial charge in [-0.1, -0.05) is 53.4 Å². The minimum absolute atomic E-state index is 0.0528. The fraction of sp³-hybridized carbons (Fsp3) is 0.474. The Labute approximate surface area is 171 Å². The molecule has 1 aromatic rings. The molecule has 9 heteroatoms. The number of carbonyl (C=O) groups is 4. The van der Waals surface area contributed by atoms with Crippen molar-refractivity contribution in [3.63, 3.8) is 0 Å². The van der Waals surface area contributed by atoms with Crippen molar-refractivity contribution in [1.82, 2.24) is 20.9 Å². The molecule has 8 nitrogen and oxygen atoms in total. The molecule has 150 valence electrons. The molecule has 2 fully saturated rings. The summed E-state index contributed by atoms with van der Waals surface area (Å²) in [4.78, 5) is 50.2. The van der Waals surface area contributed by atoms with Gasteiger partial charge in [0.25, 0.3) is 5.91 Å². The molecule has 0 spiro atoms. The summed E-state index contributed by atoms with van der Waals surface area (Å²) in [6, 6.07) is 5.83. The monoisotopic (exact) mass is 450 g/mol. The average Bonchev–Trinajstić information content (AvgIpc) is 2.86. The molecule has 28 heavy (non-hydrogen) atoms.